The van der Waals surface area contributed by atoms with Crippen LogP contribution in [0, 0.1) is 0 Å². The summed E-state index contributed by atoms with van der Waals surface area (Å²) < 4.78 is 5.07. The maximum absolute atomic E-state index is 11.1. The molecule has 0 aliphatic carbocycles. The van der Waals surface area contributed by atoms with Crippen LogP contribution >= 0.6 is 12.4 Å². The van der Waals surface area contributed by atoms with E-state index in [1.807, 2.05) is 20.8 Å². The van der Waals surface area contributed by atoms with Gasteiger partial charge in [-0.25, -0.2) is 4.79 Å². The minimum Gasteiger partial charge on any atom is -0.459 e. The van der Waals surface area contributed by atoms with Crippen LogP contribution in [-0.4, -0.2) is 17.6 Å². The lowest BCUT2D eigenvalue weighted by Crippen LogP contribution is -2.36. The van der Waals surface area contributed by atoms with Gasteiger partial charge < -0.3 is 10.5 Å². The van der Waals surface area contributed by atoms with Crippen LogP contribution in [0.5, 0.6) is 0 Å². The van der Waals surface area contributed by atoms with Crippen molar-refractivity contribution in [3.63, 3.8) is 0 Å². The van der Waals surface area contributed by atoms with Gasteiger partial charge in [-0.15, -0.1) is 12.4 Å². The first kappa shape index (κ1) is 15.9. The molecule has 0 bridgehead atoms. The van der Waals surface area contributed by atoms with Gasteiger partial charge in [0.2, 0.25) is 0 Å². The molecule has 0 aromatic rings. The molecule has 0 aliphatic heterocycles. The summed E-state index contributed by atoms with van der Waals surface area (Å²) in [7, 11) is 0. The minimum atomic E-state index is -0.350. The lowest BCUT2D eigenvalue weighted by atomic mass is 9.99. The fourth-order valence-electron chi connectivity index (χ4n) is 1.07. The Kier molecular flexibility index (Phi) is 6.86. The van der Waals surface area contributed by atoms with E-state index in [0.29, 0.717) is 12.0 Å². The van der Waals surface area contributed by atoms with Crippen molar-refractivity contribution in [3.8, 4) is 0 Å². The lowest BCUT2D eigenvalue weighted by Gasteiger charge is -2.23. The molecule has 84 valence electrons. The molecule has 0 heterocycles. The summed E-state index contributed by atoms with van der Waals surface area (Å²) in [6.45, 7) is 10.8. The van der Waals surface area contributed by atoms with E-state index < -0.39 is 0 Å². The average Bonchev–Trinajstić information content (AvgIpc) is 1.81. The van der Waals surface area contributed by atoms with Crippen LogP contribution in [0.15, 0.2) is 12.2 Å². The Bertz CT molecular complexity index is 209. The number of hydrogen-bond donors (Lipinski definition) is 1. The van der Waals surface area contributed by atoms with Crippen molar-refractivity contribution in [1.82, 2.24) is 0 Å². The molecule has 3 nitrogen and oxygen atoms in total. The molecular weight excluding hydrogens is 202 g/mol. The van der Waals surface area contributed by atoms with Crippen LogP contribution in [0.4, 0.5) is 0 Å². The van der Waals surface area contributed by atoms with Crippen LogP contribution in [0.3, 0.4) is 0 Å². The van der Waals surface area contributed by atoms with Crippen LogP contribution in [0.25, 0.3) is 0 Å². The molecule has 1 unspecified atom stereocenters. The molecule has 0 aliphatic rings. The summed E-state index contributed by atoms with van der Waals surface area (Å²) in [6.07, 6.45) is 0.482. The average molecular weight is 222 g/mol. The van der Waals surface area contributed by atoms with Gasteiger partial charge in [0.1, 0.15) is 6.10 Å². The van der Waals surface area contributed by atoms with Gasteiger partial charge in [0.05, 0.1) is 0 Å². The standard InChI is InChI=1S/C10H19NO2.ClH/c1-7(2)9(12)13-8(3)6-10(4,5)11;/h8H,1,6,11H2,2-5H3;1H. The zero-order valence-electron chi connectivity index (χ0n) is 9.29. The third-order valence-corrected chi connectivity index (χ3v) is 1.47. The summed E-state index contributed by atoms with van der Waals surface area (Å²) in [6, 6.07) is 0. The Morgan fingerprint density at radius 3 is 2.29 bits per heavy atom. The molecule has 0 fully saturated rings. The number of rotatable bonds is 4. The molecule has 0 rings (SSSR count). The van der Waals surface area contributed by atoms with Crippen molar-refractivity contribution in [3.05, 3.63) is 12.2 Å². The maximum Gasteiger partial charge on any atom is 0.333 e. The number of nitrogens with two attached hydrogens (primary N) is 1. The quantitative estimate of drug-likeness (QED) is 0.584. The van der Waals surface area contributed by atoms with Crippen LogP contribution in [0.1, 0.15) is 34.1 Å². The van der Waals surface area contributed by atoms with Gasteiger partial charge >= 0.3 is 5.97 Å². The molecule has 0 aromatic carbocycles. The Hall–Kier alpha value is -0.540. The van der Waals surface area contributed by atoms with Gasteiger partial charge in [0, 0.05) is 17.5 Å². The van der Waals surface area contributed by atoms with E-state index in [1.54, 1.807) is 6.92 Å². The summed E-state index contributed by atoms with van der Waals surface area (Å²) >= 11 is 0. The summed E-state index contributed by atoms with van der Waals surface area (Å²) in [5, 5.41) is 0. The first-order chi connectivity index (χ1) is 5.72. The zero-order valence-corrected chi connectivity index (χ0v) is 10.1. The number of esters is 1. The first-order valence-electron chi connectivity index (χ1n) is 4.38. The molecule has 0 amide bonds. The third kappa shape index (κ3) is 8.08. The highest BCUT2D eigenvalue weighted by molar-refractivity contribution is 5.87. The molecule has 0 spiro atoms. The highest BCUT2D eigenvalue weighted by Crippen LogP contribution is 2.11. The van der Waals surface area contributed by atoms with Crippen molar-refractivity contribution in [2.45, 2.75) is 45.8 Å². The zero-order chi connectivity index (χ0) is 10.6. The van der Waals surface area contributed by atoms with E-state index in [1.165, 1.54) is 0 Å². The first-order valence-corrected chi connectivity index (χ1v) is 4.38. The number of carbonyl (C=O) groups is 1. The number of carbonyl (C=O) groups excluding carboxylic acids is 1. The fraction of sp³-hybridized carbons (Fsp3) is 0.700. The second kappa shape index (κ2) is 6.04. The largest absolute Gasteiger partial charge is 0.459 e. The molecule has 0 saturated carbocycles. The number of hydrogen-bond acceptors (Lipinski definition) is 3. The van der Waals surface area contributed by atoms with Gasteiger partial charge in [-0.2, -0.15) is 0 Å². The monoisotopic (exact) mass is 221 g/mol. The number of halogens is 1. The topological polar surface area (TPSA) is 52.3 Å². The van der Waals surface area contributed by atoms with Gasteiger partial charge in [0.15, 0.2) is 0 Å². The Morgan fingerprint density at radius 1 is 1.57 bits per heavy atom. The summed E-state index contributed by atoms with van der Waals surface area (Å²) in [5.41, 5.74) is 5.88. The maximum atomic E-state index is 11.1. The molecular formula is C10H20ClNO2. The molecule has 0 aromatic heterocycles. The van der Waals surface area contributed by atoms with E-state index in [0.717, 1.165) is 0 Å². The van der Waals surface area contributed by atoms with Crippen molar-refractivity contribution in [2.24, 2.45) is 5.73 Å². The van der Waals surface area contributed by atoms with E-state index in [-0.39, 0.29) is 30.0 Å². The Morgan fingerprint density at radius 2 is 2.00 bits per heavy atom. The van der Waals surface area contributed by atoms with E-state index in [2.05, 4.69) is 6.58 Å². The van der Waals surface area contributed by atoms with E-state index in [9.17, 15) is 4.79 Å². The predicted octanol–water partition coefficient (Wildman–Crippen LogP) is 2.04. The normalized spacial score (nSPS) is 12.6. The van der Waals surface area contributed by atoms with Gasteiger partial charge in [0.25, 0.3) is 0 Å². The SMILES string of the molecule is C=C(C)C(=O)OC(C)CC(C)(C)N.Cl. The minimum absolute atomic E-state index is 0. The smallest absolute Gasteiger partial charge is 0.333 e. The lowest BCUT2D eigenvalue weighted by molar-refractivity contribution is -0.144. The van der Waals surface area contributed by atoms with Crippen molar-refractivity contribution in [1.29, 1.82) is 0 Å². The highest BCUT2D eigenvalue weighted by atomic mass is 35.5. The number of ether oxygens (including phenoxy) is 1. The van der Waals surface area contributed by atoms with Gasteiger partial charge in [-0.05, 0) is 27.7 Å². The highest BCUT2D eigenvalue weighted by Gasteiger charge is 2.18. The summed E-state index contributed by atoms with van der Waals surface area (Å²) in [5.74, 6) is -0.350. The summed E-state index contributed by atoms with van der Waals surface area (Å²) in [4.78, 5) is 11.1. The van der Waals surface area contributed by atoms with Crippen molar-refractivity contribution in [2.75, 3.05) is 0 Å². The molecule has 4 heteroatoms. The van der Waals surface area contributed by atoms with Crippen LogP contribution in [-0.2, 0) is 9.53 Å². The molecule has 14 heavy (non-hydrogen) atoms. The van der Waals surface area contributed by atoms with Crippen LogP contribution in [0.2, 0.25) is 0 Å². The predicted molar refractivity (Wildman–Crippen MR) is 60.5 cm³/mol. The molecule has 0 saturated heterocycles. The van der Waals surface area contributed by atoms with Gasteiger partial charge in [-0.3, -0.25) is 0 Å². The molecule has 2 N–H and O–H groups in total. The molecule has 1 atom stereocenters. The van der Waals surface area contributed by atoms with E-state index in [4.69, 9.17) is 10.5 Å². The van der Waals surface area contributed by atoms with E-state index >= 15 is 0 Å². The van der Waals surface area contributed by atoms with Crippen molar-refractivity contribution < 1.29 is 9.53 Å². The third-order valence-electron chi connectivity index (χ3n) is 1.47. The Labute approximate surface area is 92.1 Å². The van der Waals surface area contributed by atoms with Crippen molar-refractivity contribution >= 4 is 18.4 Å². The van der Waals surface area contributed by atoms with Crippen LogP contribution < -0.4 is 5.73 Å². The second-order valence-electron chi connectivity index (χ2n) is 4.19. The fourth-order valence-corrected chi connectivity index (χ4v) is 1.07. The molecule has 0 radical (unpaired) electrons. The second-order valence-corrected chi connectivity index (χ2v) is 4.19. The Balaban J connectivity index is 0. The van der Waals surface area contributed by atoms with Gasteiger partial charge in [-0.1, -0.05) is 6.58 Å².